The van der Waals surface area contributed by atoms with Crippen LogP contribution in [0.5, 0.6) is 0 Å². The summed E-state index contributed by atoms with van der Waals surface area (Å²) in [6, 6.07) is 0. The van der Waals surface area contributed by atoms with Crippen molar-refractivity contribution >= 4 is 11.8 Å². The van der Waals surface area contributed by atoms with Gasteiger partial charge in [0.05, 0.1) is 0 Å². The van der Waals surface area contributed by atoms with Crippen molar-refractivity contribution in [1.29, 1.82) is 0 Å². The highest BCUT2D eigenvalue weighted by molar-refractivity contribution is 8.00. The number of thioether (sulfide) groups is 1. The highest BCUT2D eigenvalue weighted by Gasteiger charge is 2.32. The molecule has 1 fully saturated rings. The third-order valence-corrected chi connectivity index (χ3v) is 2.63. The Labute approximate surface area is 65.9 Å². The Morgan fingerprint density at radius 2 is 2.10 bits per heavy atom. The second-order valence-electron chi connectivity index (χ2n) is 2.11. The number of ether oxygens (including phenoxy) is 1. The Balaban J connectivity index is 2.41. The van der Waals surface area contributed by atoms with Crippen LogP contribution < -0.4 is 10.6 Å². The summed E-state index contributed by atoms with van der Waals surface area (Å²) in [6.07, 6.45) is 0. The molecule has 0 bridgehead atoms. The molecule has 1 aliphatic rings. The van der Waals surface area contributed by atoms with Crippen LogP contribution in [0.1, 0.15) is 6.92 Å². The number of methoxy groups -OCH3 is 1. The van der Waals surface area contributed by atoms with E-state index in [0.29, 0.717) is 0 Å². The molecule has 0 saturated carbocycles. The Bertz CT molecular complexity index is 104. The first-order valence-corrected chi connectivity index (χ1v) is 4.50. The van der Waals surface area contributed by atoms with E-state index < -0.39 is 0 Å². The molecule has 1 rings (SSSR count). The molecule has 0 atom stereocenters. The molecule has 10 heavy (non-hydrogen) atoms. The lowest BCUT2D eigenvalue weighted by molar-refractivity contribution is 0.0407. The van der Waals surface area contributed by atoms with Crippen LogP contribution in [0, 0.1) is 0 Å². The average molecular weight is 162 g/mol. The van der Waals surface area contributed by atoms with Gasteiger partial charge in [-0.2, -0.15) is 0 Å². The van der Waals surface area contributed by atoms with Crippen molar-refractivity contribution in [3.8, 4) is 0 Å². The first-order valence-electron chi connectivity index (χ1n) is 3.52. The minimum Gasteiger partial charge on any atom is -0.342 e. The zero-order chi connectivity index (χ0) is 7.45. The van der Waals surface area contributed by atoms with E-state index in [2.05, 4.69) is 17.6 Å². The van der Waals surface area contributed by atoms with E-state index in [1.807, 2.05) is 0 Å². The van der Waals surface area contributed by atoms with Gasteiger partial charge in [-0.1, -0.05) is 18.7 Å². The Morgan fingerprint density at radius 1 is 1.50 bits per heavy atom. The van der Waals surface area contributed by atoms with Crippen LogP contribution in [-0.2, 0) is 4.74 Å². The maximum atomic E-state index is 5.28. The fourth-order valence-corrected chi connectivity index (χ4v) is 1.96. The first kappa shape index (κ1) is 8.33. The van der Waals surface area contributed by atoms with Crippen LogP contribution in [0.2, 0.25) is 0 Å². The fraction of sp³-hybridized carbons (Fsp3) is 1.00. The minimum atomic E-state index is -0.297. The van der Waals surface area contributed by atoms with E-state index in [1.54, 1.807) is 18.9 Å². The Hall–Kier alpha value is 0.230. The van der Waals surface area contributed by atoms with Crippen molar-refractivity contribution in [2.45, 2.75) is 12.1 Å². The molecule has 1 aliphatic heterocycles. The molecule has 0 aromatic rings. The molecule has 0 amide bonds. The van der Waals surface area contributed by atoms with E-state index in [1.165, 1.54) is 0 Å². The van der Waals surface area contributed by atoms with Gasteiger partial charge in [-0.15, -0.1) is 0 Å². The Kier molecular flexibility index (Phi) is 2.97. The van der Waals surface area contributed by atoms with Crippen LogP contribution in [0.4, 0.5) is 0 Å². The fourth-order valence-electron chi connectivity index (χ4n) is 1.03. The van der Waals surface area contributed by atoms with Gasteiger partial charge in [0.15, 0.2) is 0 Å². The largest absolute Gasteiger partial charge is 0.342 e. The first-order chi connectivity index (χ1) is 4.83. The lowest BCUT2D eigenvalue weighted by atomic mass is 10.7. The molecule has 0 radical (unpaired) electrons. The standard InChI is InChI=1S/C6H14N2OS/c1-3-10-6(9-2)7-4-5-8-6/h7-8H,3-5H2,1-2H3. The third kappa shape index (κ3) is 1.63. The van der Waals surface area contributed by atoms with E-state index in [-0.39, 0.29) is 5.18 Å². The quantitative estimate of drug-likeness (QED) is 0.580. The van der Waals surface area contributed by atoms with Gasteiger partial charge < -0.3 is 4.74 Å². The van der Waals surface area contributed by atoms with E-state index in [9.17, 15) is 0 Å². The molecule has 0 aromatic heterocycles. The summed E-state index contributed by atoms with van der Waals surface area (Å²) >= 11 is 1.74. The summed E-state index contributed by atoms with van der Waals surface area (Å²) in [6.45, 7) is 4.09. The van der Waals surface area contributed by atoms with Gasteiger partial charge in [0.25, 0.3) is 0 Å². The summed E-state index contributed by atoms with van der Waals surface area (Å²) in [4.78, 5) is 0. The van der Waals surface area contributed by atoms with Gasteiger partial charge >= 0.3 is 0 Å². The van der Waals surface area contributed by atoms with Gasteiger partial charge in [-0.25, -0.2) is 0 Å². The van der Waals surface area contributed by atoms with Crippen molar-refractivity contribution in [2.24, 2.45) is 0 Å². The zero-order valence-electron chi connectivity index (χ0n) is 6.44. The monoisotopic (exact) mass is 162 g/mol. The van der Waals surface area contributed by atoms with E-state index >= 15 is 0 Å². The highest BCUT2D eigenvalue weighted by Crippen LogP contribution is 2.21. The van der Waals surface area contributed by atoms with Crippen molar-refractivity contribution < 1.29 is 4.74 Å². The van der Waals surface area contributed by atoms with Crippen LogP contribution in [-0.4, -0.2) is 31.1 Å². The predicted molar refractivity (Wildman–Crippen MR) is 43.9 cm³/mol. The van der Waals surface area contributed by atoms with Gasteiger partial charge in [0, 0.05) is 20.2 Å². The minimum absolute atomic E-state index is 0.297. The third-order valence-electron chi connectivity index (χ3n) is 1.48. The summed E-state index contributed by atoms with van der Waals surface area (Å²) in [7, 11) is 1.72. The number of nitrogens with one attached hydrogen (secondary N) is 2. The SMILES string of the molecule is CCSC1(OC)NCCN1. The molecular formula is C6H14N2OS. The lowest BCUT2D eigenvalue weighted by Gasteiger charge is -2.26. The second kappa shape index (κ2) is 3.57. The number of hydrogen-bond acceptors (Lipinski definition) is 4. The topological polar surface area (TPSA) is 33.3 Å². The molecule has 2 N–H and O–H groups in total. The average Bonchev–Trinajstić information content (AvgIpc) is 2.39. The molecule has 0 spiro atoms. The molecule has 0 aliphatic carbocycles. The maximum Gasteiger partial charge on any atom is 0.225 e. The summed E-state index contributed by atoms with van der Waals surface area (Å²) in [5.41, 5.74) is 0. The van der Waals surface area contributed by atoms with Crippen LogP contribution >= 0.6 is 11.8 Å². The summed E-state index contributed by atoms with van der Waals surface area (Å²) in [5, 5.41) is 6.20. The second-order valence-corrected chi connectivity index (χ2v) is 3.55. The van der Waals surface area contributed by atoms with Gasteiger partial charge in [0.2, 0.25) is 5.18 Å². The zero-order valence-corrected chi connectivity index (χ0v) is 7.25. The molecule has 0 aromatic carbocycles. The van der Waals surface area contributed by atoms with Crippen molar-refractivity contribution in [3.63, 3.8) is 0 Å². The number of rotatable bonds is 3. The van der Waals surface area contributed by atoms with Gasteiger partial charge in [0.1, 0.15) is 0 Å². The van der Waals surface area contributed by atoms with E-state index in [4.69, 9.17) is 4.74 Å². The smallest absolute Gasteiger partial charge is 0.225 e. The van der Waals surface area contributed by atoms with Crippen molar-refractivity contribution in [1.82, 2.24) is 10.6 Å². The normalized spacial score (nSPS) is 23.4. The highest BCUT2D eigenvalue weighted by atomic mass is 32.2. The molecule has 4 heteroatoms. The molecular weight excluding hydrogens is 148 g/mol. The van der Waals surface area contributed by atoms with Gasteiger partial charge in [-0.3, -0.25) is 10.6 Å². The van der Waals surface area contributed by atoms with Crippen molar-refractivity contribution in [3.05, 3.63) is 0 Å². The summed E-state index contributed by atoms with van der Waals surface area (Å²) < 4.78 is 5.28. The number of hydrogen-bond donors (Lipinski definition) is 2. The van der Waals surface area contributed by atoms with Crippen LogP contribution in [0.25, 0.3) is 0 Å². The Morgan fingerprint density at radius 3 is 2.50 bits per heavy atom. The maximum absolute atomic E-state index is 5.28. The molecule has 60 valence electrons. The predicted octanol–water partition coefficient (Wildman–Crippen LogP) is 0.190. The summed E-state index contributed by atoms with van der Waals surface area (Å²) in [5.74, 6) is 1.05. The van der Waals surface area contributed by atoms with Crippen molar-refractivity contribution in [2.75, 3.05) is 26.0 Å². The van der Waals surface area contributed by atoms with E-state index in [0.717, 1.165) is 18.8 Å². The van der Waals surface area contributed by atoms with Crippen LogP contribution in [0.3, 0.4) is 0 Å². The van der Waals surface area contributed by atoms with Crippen LogP contribution in [0.15, 0.2) is 0 Å². The molecule has 3 nitrogen and oxygen atoms in total. The molecule has 0 unspecified atom stereocenters. The lowest BCUT2D eigenvalue weighted by Crippen LogP contribution is -2.47. The molecule has 1 saturated heterocycles. The molecule has 1 heterocycles. The van der Waals surface area contributed by atoms with Gasteiger partial charge in [-0.05, 0) is 5.75 Å².